The number of amides is 1. The van der Waals surface area contributed by atoms with Crippen LogP contribution in [0.5, 0.6) is 5.75 Å². The van der Waals surface area contributed by atoms with E-state index in [0.717, 1.165) is 0 Å². The Bertz CT molecular complexity index is 716. The minimum atomic E-state index is -0.502. The number of anilines is 1. The van der Waals surface area contributed by atoms with E-state index in [9.17, 15) is 9.59 Å². The van der Waals surface area contributed by atoms with Crippen molar-refractivity contribution >= 4 is 28.9 Å². The second kappa shape index (κ2) is 7.24. The van der Waals surface area contributed by atoms with Crippen LogP contribution < -0.4 is 10.1 Å². The second-order valence-corrected chi connectivity index (χ2v) is 5.04. The normalized spacial score (nSPS) is 9.64. The minimum absolute atomic E-state index is 0.206. The molecule has 0 saturated carbocycles. The molecular formula is C15H12N2O4S. The van der Waals surface area contributed by atoms with Crippen molar-refractivity contribution in [3.05, 3.63) is 46.2 Å². The van der Waals surface area contributed by atoms with Gasteiger partial charge in [-0.1, -0.05) is 0 Å². The molecule has 7 heteroatoms. The molecule has 1 heterocycles. The van der Waals surface area contributed by atoms with Gasteiger partial charge in [0.15, 0.2) is 6.61 Å². The van der Waals surface area contributed by atoms with Crippen molar-refractivity contribution in [1.29, 1.82) is 5.26 Å². The predicted octanol–water partition coefficient (Wildman–Crippen LogP) is 2.42. The average Bonchev–Trinajstić information content (AvgIpc) is 3.00. The molecule has 0 aliphatic rings. The Morgan fingerprint density at radius 3 is 2.64 bits per heavy atom. The average molecular weight is 316 g/mol. The molecule has 0 aliphatic carbocycles. The maximum absolute atomic E-state index is 11.8. The van der Waals surface area contributed by atoms with E-state index in [1.54, 1.807) is 35.7 Å². The van der Waals surface area contributed by atoms with Gasteiger partial charge in [-0.05, 0) is 35.7 Å². The predicted molar refractivity (Wildman–Crippen MR) is 80.9 cm³/mol. The lowest BCUT2D eigenvalue weighted by Gasteiger charge is -2.07. The van der Waals surface area contributed by atoms with E-state index in [1.165, 1.54) is 18.4 Å². The Hall–Kier alpha value is -2.85. The molecule has 2 aromatic rings. The van der Waals surface area contributed by atoms with E-state index in [-0.39, 0.29) is 6.61 Å². The van der Waals surface area contributed by atoms with Gasteiger partial charge in [0, 0.05) is 0 Å². The molecule has 0 aliphatic heterocycles. The number of hydrogen-bond acceptors (Lipinski definition) is 6. The lowest BCUT2D eigenvalue weighted by Crippen LogP contribution is -2.21. The van der Waals surface area contributed by atoms with E-state index in [1.807, 2.05) is 6.07 Å². The number of esters is 1. The number of benzene rings is 1. The monoisotopic (exact) mass is 316 g/mol. The first-order chi connectivity index (χ1) is 10.6. The van der Waals surface area contributed by atoms with Crippen LogP contribution in [0.15, 0.2) is 35.7 Å². The molecule has 2 rings (SSSR count). The fraction of sp³-hybridized carbons (Fsp3) is 0.133. The number of nitrogens with one attached hydrogen (secondary N) is 1. The summed E-state index contributed by atoms with van der Waals surface area (Å²) in [6.07, 6.45) is 0. The lowest BCUT2D eigenvalue weighted by molar-refractivity contribution is -0.118. The van der Waals surface area contributed by atoms with Crippen LogP contribution in [0.25, 0.3) is 0 Å². The highest BCUT2D eigenvalue weighted by atomic mass is 32.1. The van der Waals surface area contributed by atoms with Gasteiger partial charge in [0.25, 0.3) is 5.91 Å². The number of ether oxygens (including phenoxy) is 2. The first kappa shape index (κ1) is 15.5. The van der Waals surface area contributed by atoms with E-state index in [2.05, 4.69) is 10.1 Å². The molecule has 22 heavy (non-hydrogen) atoms. The SMILES string of the molecule is COC(=O)c1sccc1NC(=O)COc1ccc(C#N)cc1. The third-order valence-electron chi connectivity index (χ3n) is 2.66. The molecule has 0 bridgehead atoms. The molecule has 1 amide bonds. The van der Waals surface area contributed by atoms with E-state index in [4.69, 9.17) is 10.00 Å². The lowest BCUT2D eigenvalue weighted by atomic mass is 10.2. The van der Waals surface area contributed by atoms with Crippen LogP contribution in [-0.2, 0) is 9.53 Å². The van der Waals surface area contributed by atoms with Crippen LogP contribution in [0.1, 0.15) is 15.2 Å². The van der Waals surface area contributed by atoms with Crippen LogP contribution >= 0.6 is 11.3 Å². The number of thiophene rings is 1. The van der Waals surface area contributed by atoms with E-state index >= 15 is 0 Å². The highest BCUT2D eigenvalue weighted by Crippen LogP contribution is 2.23. The van der Waals surface area contributed by atoms with Gasteiger partial charge in [-0.15, -0.1) is 11.3 Å². The molecule has 0 fully saturated rings. The van der Waals surface area contributed by atoms with Crippen LogP contribution in [0.3, 0.4) is 0 Å². The Labute approximate surface area is 130 Å². The molecule has 0 unspecified atom stereocenters. The van der Waals surface area contributed by atoms with E-state index in [0.29, 0.717) is 21.9 Å². The fourth-order valence-corrected chi connectivity index (χ4v) is 2.39. The number of nitriles is 1. The fourth-order valence-electron chi connectivity index (χ4n) is 1.62. The Morgan fingerprint density at radius 2 is 2.00 bits per heavy atom. The minimum Gasteiger partial charge on any atom is -0.484 e. The number of carbonyl (C=O) groups is 2. The molecular weight excluding hydrogens is 304 g/mol. The number of hydrogen-bond donors (Lipinski definition) is 1. The second-order valence-electron chi connectivity index (χ2n) is 4.13. The summed E-state index contributed by atoms with van der Waals surface area (Å²) in [5, 5.41) is 13.0. The molecule has 0 saturated heterocycles. The molecule has 112 valence electrons. The highest BCUT2D eigenvalue weighted by Gasteiger charge is 2.15. The Kier molecular flexibility index (Phi) is 5.11. The summed E-state index contributed by atoms with van der Waals surface area (Å²) in [6, 6.07) is 10.0. The van der Waals surface area contributed by atoms with Gasteiger partial charge in [-0.2, -0.15) is 5.26 Å². The molecule has 6 nitrogen and oxygen atoms in total. The summed E-state index contributed by atoms with van der Waals surface area (Å²) in [5.41, 5.74) is 0.906. The number of nitrogens with zero attached hydrogens (tertiary/aromatic N) is 1. The maximum atomic E-state index is 11.8. The van der Waals surface area contributed by atoms with Crippen molar-refractivity contribution in [3.8, 4) is 11.8 Å². The van der Waals surface area contributed by atoms with Crippen molar-refractivity contribution in [3.63, 3.8) is 0 Å². The van der Waals surface area contributed by atoms with Gasteiger partial charge in [0.2, 0.25) is 0 Å². The number of carbonyl (C=O) groups excluding carboxylic acids is 2. The van der Waals surface area contributed by atoms with Crippen molar-refractivity contribution < 1.29 is 19.1 Å². The van der Waals surface area contributed by atoms with Crippen LogP contribution in [0, 0.1) is 11.3 Å². The zero-order valence-corrected chi connectivity index (χ0v) is 12.5. The largest absolute Gasteiger partial charge is 0.484 e. The molecule has 1 aromatic carbocycles. The number of methoxy groups -OCH3 is 1. The topological polar surface area (TPSA) is 88.4 Å². The van der Waals surface area contributed by atoms with Gasteiger partial charge in [0.05, 0.1) is 24.4 Å². The van der Waals surface area contributed by atoms with Crippen molar-refractivity contribution in [2.45, 2.75) is 0 Å². The first-order valence-corrected chi connectivity index (χ1v) is 7.10. The van der Waals surface area contributed by atoms with Crippen molar-refractivity contribution in [2.24, 2.45) is 0 Å². The summed E-state index contributed by atoms with van der Waals surface area (Å²) < 4.78 is 9.94. The molecule has 1 N–H and O–H groups in total. The van der Waals surface area contributed by atoms with Gasteiger partial charge in [0.1, 0.15) is 10.6 Å². The maximum Gasteiger partial charge on any atom is 0.350 e. The summed E-state index contributed by atoms with van der Waals surface area (Å²) in [6.45, 7) is -0.206. The van der Waals surface area contributed by atoms with Crippen molar-refractivity contribution in [1.82, 2.24) is 0 Å². The smallest absolute Gasteiger partial charge is 0.350 e. The van der Waals surface area contributed by atoms with E-state index < -0.39 is 11.9 Å². The van der Waals surface area contributed by atoms with Crippen LogP contribution in [0.4, 0.5) is 5.69 Å². The zero-order chi connectivity index (χ0) is 15.9. The van der Waals surface area contributed by atoms with Crippen LogP contribution in [0.2, 0.25) is 0 Å². The molecule has 0 atom stereocenters. The first-order valence-electron chi connectivity index (χ1n) is 6.22. The van der Waals surface area contributed by atoms with Crippen LogP contribution in [-0.4, -0.2) is 25.6 Å². The Morgan fingerprint density at radius 1 is 1.27 bits per heavy atom. The molecule has 1 aromatic heterocycles. The summed E-state index contributed by atoms with van der Waals surface area (Å²) in [5.74, 6) is -0.418. The summed E-state index contributed by atoms with van der Waals surface area (Å²) >= 11 is 1.18. The quantitative estimate of drug-likeness (QED) is 0.856. The van der Waals surface area contributed by atoms with Gasteiger partial charge >= 0.3 is 5.97 Å². The Balaban J connectivity index is 1.92. The highest BCUT2D eigenvalue weighted by molar-refractivity contribution is 7.12. The van der Waals surface area contributed by atoms with Crippen molar-refractivity contribution in [2.75, 3.05) is 19.0 Å². The number of rotatable bonds is 5. The van der Waals surface area contributed by atoms with Gasteiger partial charge in [-0.3, -0.25) is 4.79 Å². The summed E-state index contributed by atoms with van der Waals surface area (Å²) in [7, 11) is 1.28. The third kappa shape index (κ3) is 3.84. The summed E-state index contributed by atoms with van der Waals surface area (Å²) in [4.78, 5) is 23.7. The zero-order valence-electron chi connectivity index (χ0n) is 11.7. The van der Waals surface area contributed by atoms with Gasteiger partial charge in [-0.25, -0.2) is 4.79 Å². The van der Waals surface area contributed by atoms with Gasteiger partial charge < -0.3 is 14.8 Å². The molecule has 0 spiro atoms. The standard InChI is InChI=1S/C15H12N2O4S/c1-20-15(19)14-12(6-7-22-14)17-13(18)9-21-11-4-2-10(8-16)3-5-11/h2-7H,9H2,1H3,(H,17,18). The molecule has 0 radical (unpaired) electrons. The third-order valence-corrected chi connectivity index (χ3v) is 3.56.